The van der Waals surface area contributed by atoms with Crippen LogP contribution in [0.25, 0.3) is 11.1 Å². The van der Waals surface area contributed by atoms with Gasteiger partial charge >= 0.3 is 0 Å². The van der Waals surface area contributed by atoms with Crippen LogP contribution in [0.2, 0.25) is 0 Å². The van der Waals surface area contributed by atoms with Crippen LogP contribution in [0.3, 0.4) is 0 Å². The van der Waals surface area contributed by atoms with Crippen LogP contribution in [-0.4, -0.2) is 16.5 Å². The lowest BCUT2D eigenvalue weighted by atomic mass is 9.96. The largest absolute Gasteiger partial charge is 0.348 e. The van der Waals surface area contributed by atoms with Gasteiger partial charge in [-0.2, -0.15) is 0 Å². The van der Waals surface area contributed by atoms with Gasteiger partial charge in [-0.05, 0) is 16.7 Å². The maximum atomic E-state index is 5.89. The molecule has 0 aliphatic rings. The van der Waals surface area contributed by atoms with Crippen LogP contribution in [0, 0.1) is 0 Å². The Bertz CT molecular complexity index is 642. The molecule has 1 unspecified atom stereocenters. The van der Waals surface area contributed by atoms with Crippen molar-refractivity contribution in [3.63, 3.8) is 0 Å². The molecule has 0 saturated carbocycles. The van der Waals surface area contributed by atoms with Gasteiger partial charge in [-0.1, -0.05) is 54.6 Å². The van der Waals surface area contributed by atoms with Gasteiger partial charge in [0, 0.05) is 18.9 Å². The second kappa shape index (κ2) is 5.72. The summed E-state index contributed by atoms with van der Waals surface area (Å²) in [5, 5.41) is 0. The van der Waals surface area contributed by atoms with Crippen molar-refractivity contribution in [3.8, 4) is 11.1 Å². The number of aromatic amines is 1. The lowest BCUT2D eigenvalue weighted by molar-refractivity contribution is 0.765. The van der Waals surface area contributed by atoms with E-state index in [1.54, 1.807) is 6.20 Å². The van der Waals surface area contributed by atoms with Crippen molar-refractivity contribution in [2.75, 3.05) is 6.54 Å². The standard InChI is InChI=1S/C17H17N3/c18-12-16(17-19-10-11-20-17)15-8-6-14(7-9-15)13-4-2-1-3-5-13/h1-11,16H,12,18H2,(H,19,20). The van der Waals surface area contributed by atoms with Gasteiger partial charge in [-0.25, -0.2) is 4.98 Å². The lowest BCUT2D eigenvalue weighted by Gasteiger charge is -2.13. The zero-order valence-corrected chi connectivity index (χ0v) is 11.2. The molecule has 0 spiro atoms. The van der Waals surface area contributed by atoms with Crippen LogP contribution in [0.15, 0.2) is 67.0 Å². The summed E-state index contributed by atoms with van der Waals surface area (Å²) >= 11 is 0. The first-order chi connectivity index (χ1) is 9.88. The van der Waals surface area contributed by atoms with E-state index in [1.807, 2.05) is 12.3 Å². The average molecular weight is 263 g/mol. The normalized spacial score (nSPS) is 12.2. The number of hydrogen-bond donors (Lipinski definition) is 2. The van der Waals surface area contributed by atoms with Crippen molar-refractivity contribution in [1.82, 2.24) is 9.97 Å². The third-order valence-electron chi connectivity index (χ3n) is 3.51. The summed E-state index contributed by atoms with van der Waals surface area (Å²) in [5.74, 6) is 1.04. The van der Waals surface area contributed by atoms with E-state index in [1.165, 1.54) is 16.7 Å². The summed E-state index contributed by atoms with van der Waals surface area (Å²) < 4.78 is 0. The third kappa shape index (κ3) is 2.49. The van der Waals surface area contributed by atoms with Crippen LogP contribution in [0.4, 0.5) is 0 Å². The van der Waals surface area contributed by atoms with Crippen LogP contribution in [0.1, 0.15) is 17.3 Å². The molecule has 0 bridgehead atoms. The first-order valence-corrected chi connectivity index (χ1v) is 6.73. The lowest BCUT2D eigenvalue weighted by Crippen LogP contribution is -2.15. The van der Waals surface area contributed by atoms with Gasteiger partial charge in [0.15, 0.2) is 0 Å². The number of nitrogens with one attached hydrogen (secondary N) is 1. The van der Waals surface area contributed by atoms with Gasteiger partial charge in [0.2, 0.25) is 0 Å². The molecule has 2 aromatic carbocycles. The quantitative estimate of drug-likeness (QED) is 0.759. The molecule has 100 valence electrons. The second-order valence-corrected chi connectivity index (χ2v) is 4.75. The van der Waals surface area contributed by atoms with Gasteiger partial charge in [0.05, 0.1) is 5.92 Å². The predicted molar refractivity (Wildman–Crippen MR) is 81.4 cm³/mol. The zero-order chi connectivity index (χ0) is 13.8. The number of rotatable bonds is 4. The van der Waals surface area contributed by atoms with E-state index in [0.29, 0.717) is 6.54 Å². The van der Waals surface area contributed by atoms with E-state index in [2.05, 4.69) is 58.5 Å². The highest BCUT2D eigenvalue weighted by Gasteiger charge is 2.14. The minimum Gasteiger partial charge on any atom is -0.348 e. The number of benzene rings is 2. The Labute approximate surface area is 118 Å². The third-order valence-corrected chi connectivity index (χ3v) is 3.51. The molecule has 3 nitrogen and oxygen atoms in total. The van der Waals surface area contributed by atoms with Crippen molar-refractivity contribution >= 4 is 0 Å². The summed E-state index contributed by atoms with van der Waals surface area (Å²) in [4.78, 5) is 7.45. The molecule has 0 radical (unpaired) electrons. The second-order valence-electron chi connectivity index (χ2n) is 4.75. The predicted octanol–water partition coefficient (Wildman–Crippen LogP) is 3.17. The number of H-pyrrole nitrogens is 1. The van der Waals surface area contributed by atoms with E-state index in [-0.39, 0.29) is 5.92 Å². The fourth-order valence-corrected chi connectivity index (χ4v) is 2.41. The van der Waals surface area contributed by atoms with Crippen LogP contribution >= 0.6 is 0 Å². The Morgan fingerprint density at radius 2 is 1.65 bits per heavy atom. The van der Waals surface area contributed by atoms with E-state index in [4.69, 9.17) is 5.73 Å². The van der Waals surface area contributed by atoms with Crippen molar-refractivity contribution in [2.45, 2.75) is 5.92 Å². The maximum absolute atomic E-state index is 5.89. The average Bonchev–Trinajstić information content (AvgIpc) is 3.04. The highest BCUT2D eigenvalue weighted by Crippen LogP contribution is 2.24. The maximum Gasteiger partial charge on any atom is 0.114 e. The molecule has 3 rings (SSSR count). The molecular weight excluding hydrogens is 246 g/mol. The molecule has 0 amide bonds. The fraction of sp³-hybridized carbons (Fsp3) is 0.118. The van der Waals surface area contributed by atoms with Gasteiger partial charge < -0.3 is 10.7 Å². The summed E-state index contributed by atoms with van der Waals surface area (Å²) in [6.07, 6.45) is 3.59. The van der Waals surface area contributed by atoms with E-state index >= 15 is 0 Å². The molecule has 0 fully saturated rings. The molecule has 1 atom stereocenters. The molecule has 1 aromatic heterocycles. The van der Waals surface area contributed by atoms with Crippen molar-refractivity contribution < 1.29 is 0 Å². The fourth-order valence-electron chi connectivity index (χ4n) is 2.41. The molecule has 3 aromatic rings. The summed E-state index contributed by atoms with van der Waals surface area (Å²) in [6, 6.07) is 18.9. The number of aromatic nitrogens is 2. The van der Waals surface area contributed by atoms with Gasteiger partial charge in [-0.15, -0.1) is 0 Å². The number of imidazole rings is 1. The monoisotopic (exact) mass is 263 g/mol. The van der Waals surface area contributed by atoms with Crippen LogP contribution < -0.4 is 5.73 Å². The topological polar surface area (TPSA) is 54.7 Å². The smallest absolute Gasteiger partial charge is 0.114 e. The van der Waals surface area contributed by atoms with E-state index in [9.17, 15) is 0 Å². The van der Waals surface area contributed by atoms with Gasteiger partial charge in [-0.3, -0.25) is 0 Å². The summed E-state index contributed by atoms with van der Waals surface area (Å²) in [7, 11) is 0. The Balaban J connectivity index is 1.89. The molecule has 0 aliphatic heterocycles. The first kappa shape index (κ1) is 12.6. The minimum absolute atomic E-state index is 0.120. The Morgan fingerprint density at radius 1 is 0.950 bits per heavy atom. The molecule has 3 N–H and O–H groups in total. The highest BCUT2D eigenvalue weighted by atomic mass is 14.9. The number of nitrogens with zero attached hydrogens (tertiary/aromatic N) is 1. The molecule has 3 heteroatoms. The van der Waals surface area contributed by atoms with E-state index in [0.717, 1.165) is 5.82 Å². The molecule has 1 heterocycles. The van der Waals surface area contributed by atoms with Crippen molar-refractivity contribution in [3.05, 3.63) is 78.4 Å². The molecule has 0 aliphatic carbocycles. The van der Waals surface area contributed by atoms with Crippen LogP contribution in [-0.2, 0) is 0 Å². The Kier molecular flexibility index (Phi) is 3.61. The minimum atomic E-state index is 0.120. The Hall–Kier alpha value is -2.39. The SMILES string of the molecule is NCC(c1ccc(-c2ccccc2)cc1)c1ncc[nH]1. The van der Waals surface area contributed by atoms with Gasteiger partial charge in [0.25, 0.3) is 0 Å². The molecule has 0 saturated heterocycles. The summed E-state index contributed by atoms with van der Waals surface area (Å²) in [6.45, 7) is 0.540. The van der Waals surface area contributed by atoms with Crippen molar-refractivity contribution in [2.24, 2.45) is 5.73 Å². The highest BCUT2D eigenvalue weighted by molar-refractivity contribution is 5.63. The van der Waals surface area contributed by atoms with Crippen molar-refractivity contribution in [1.29, 1.82) is 0 Å². The van der Waals surface area contributed by atoms with Gasteiger partial charge in [0.1, 0.15) is 5.82 Å². The Morgan fingerprint density at radius 3 is 2.25 bits per heavy atom. The molecule has 20 heavy (non-hydrogen) atoms. The number of nitrogens with two attached hydrogens (primary N) is 1. The molecular formula is C17H17N3. The van der Waals surface area contributed by atoms with Crippen LogP contribution in [0.5, 0.6) is 0 Å². The number of hydrogen-bond acceptors (Lipinski definition) is 2. The zero-order valence-electron chi connectivity index (χ0n) is 11.2. The van der Waals surface area contributed by atoms with E-state index < -0.39 is 0 Å². The first-order valence-electron chi connectivity index (χ1n) is 6.73. The summed E-state index contributed by atoms with van der Waals surface area (Å²) in [5.41, 5.74) is 9.50.